The predicted octanol–water partition coefficient (Wildman–Crippen LogP) is 3.59. The molecule has 95 valence electrons. The smallest absolute Gasteiger partial charge is 0.377 e. The van der Waals surface area contributed by atoms with Crippen LogP contribution in [0, 0.1) is 6.07 Å². The van der Waals surface area contributed by atoms with Gasteiger partial charge in [0.25, 0.3) is 0 Å². The molecule has 0 atom stereocenters. The molecule has 1 aromatic carbocycles. The molecule has 1 nitrogen and oxygen atoms in total. The van der Waals surface area contributed by atoms with Gasteiger partial charge in [-0.25, -0.2) is 0 Å². The number of nitrogens with zero attached hydrogens (tertiary/aromatic N) is 1. The second-order valence-electron chi connectivity index (χ2n) is 3.52. The summed E-state index contributed by atoms with van der Waals surface area (Å²) in [7, 11) is 2.25. The van der Waals surface area contributed by atoms with E-state index in [0.717, 1.165) is 19.0 Å². The Labute approximate surface area is 93.6 Å². The number of anilines is 1. The van der Waals surface area contributed by atoms with E-state index >= 15 is 0 Å². The molecule has 0 spiro atoms. The van der Waals surface area contributed by atoms with E-state index in [4.69, 9.17) is 0 Å². The number of hydrogen-bond acceptors (Lipinski definition) is 1. The molecule has 0 aliphatic carbocycles. The number of hydrogen-bond donors (Lipinski definition) is 0. The molecule has 1 rings (SSSR count). The van der Waals surface area contributed by atoms with Crippen LogP contribution in [0.3, 0.4) is 0 Å². The summed E-state index contributed by atoms with van der Waals surface area (Å²) in [6.45, 7) is 0. The van der Waals surface area contributed by atoms with Crippen LogP contribution in [0.1, 0.15) is 11.1 Å². The lowest BCUT2D eigenvalue weighted by Crippen LogP contribution is -2.21. The third-order valence-corrected chi connectivity index (χ3v) is 2.02. The van der Waals surface area contributed by atoms with Crippen LogP contribution in [0.25, 0.3) is 0 Å². The summed E-state index contributed by atoms with van der Waals surface area (Å²) < 4.78 is 75.4. The molecule has 1 aromatic rings. The third-order valence-electron chi connectivity index (χ3n) is 2.02. The zero-order chi connectivity index (χ0) is 13.4. The molecule has 0 amide bonds. The summed E-state index contributed by atoms with van der Waals surface area (Å²) in [4.78, 5) is 0.791. The highest BCUT2D eigenvalue weighted by Crippen LogP contribution is 2.43. The van der Waals surface area contributed by atoms with Gasteiger partial charge in [0.15, 0.2) is 0 Å². The molecule has 17 heavy (non-hydrogen) atoms. The number of alkyl halides is 6. The highest BCUT2D eigenvalue weighted by Gasteiger charge is 2.41. The van der Waals surface area contributed by atoms with Crippen molar-refractivity contribution in [2.45, 2.75) is 12.4 Å². The molecule has 0 bridgehead atoms. The van der Waals surface area contributed by atoms with E-state index in [1.165, 1.54) is 0 Å². The zero-order valence-corrected chi connectivity index (χ0v) is 8.87. The largest absolute Gasteiger partial charge is 0.418 e. The molecule has 1 radical (unpaired) electrons. The number of halogens is 6. The van der Waals surface area contributed by atoms with Gasteiger partial charge in [-0.1, -0.05) is 0 Å². The monoisotopic (exact) mass is 256 g/mol. The molecule has 7 heteroatoms. The van der Waals surface area contributed by atoms with Crippen LogP contribution in [-0.4, -0.2) is 14.1 Å². The maximum absolute atomic E-state index is 12.6. The summed E-state index contributed by atoms with van der Waals surface area (Å²) >= 11 is 0. The van der Waals surface area contributed by atoms with Crippen molar-refractivity contribution in [3.8, 4) is 0 Å². The minimum atomic E-state index is -4.85. The van der Waals surface area contributed by atoms with Crippen molar-refractivity contribution in [1.29, 1.82) is 0 Å². The van der Waals surface area contributed by atoms with Crippen LogP contribution in [0.2, 0.25) is 0 Å². The summed E-state index contributed by atoms with van der Waals surface area (Å²) in [5.74, 6) is 0. The highest BCUT2D eigenvalue weighted by molar-refractivity contribution is 5.61. The Morgan fingerprint density at radius 2 is 1.24 bits per heavy atom. The summed E-state index contributed by atoms with van der Waals surface area (Å²) in [6, 6.07) is 2.88. The number of rotatable bonds is 1. The Balaban J connectivity index is 3.55. The van der Waals surface area contributed by atoms with Gasteiger partial charge in [-0.2, -0.15) is 26.3 Å². The van der Waals surface area contributed by atoms with Crippen molar-refractivity contribution < 1.29 is 26.3 Å². The maximum Gasteiger partial charge on any atom is 0.418 e. The maximum atomic E-state index is 12.6. The minimum Gasteiger partial charge on any atom is -0.377 e. The Bertz CT molecular complexity index is 372. The van der Waals surface area contributed by atoms with Gasteiger partial charge >= 0.3 is 12.4 Å². The first-order valence-electron chi connectivity index (χ1n) is 4.41. The lowest BCUT2D eigenvalue weighted by molar-refractivity contribution is -0.142. The first-order valence-corrected chi connectivity index (χ1v) is 4.41. The normalized spacial score (nSPS) is 12.7. The molecule has 0 aromatic heterocycles. The van der Waals surface area contributed by atoms with Crippen molar-refractivity contribution in [2.75, 3.05) is 19.0 Å². The van der Waals surface area contributed by atoms with Crippen LogP contribution in [0.5, 0.6) is 0 Å². The van der Waals surface area contributed by atoms with Gasteiger partial charge in [-0.05, 0) is 18.2 Å². The van der Waals surface area contributed by atoms with Crippen LogP contribution in [0.15, 0.2) is 12.1 Å². The molecule has 0 aliphatic heterocycles. The first-order chi connectivity index (χ1) is 7.55. The van der Waals surface area contributed by atoms with E-state index in [-0.39, 0.29) is 0 Å². The van der Waals surface area contributed by atoms with E-state index < -0.39 is 29.2 Å². The predicted molar refractivity (Wildman–Crippen MR) is 49.6 cm³/mol. The second-order valence-corrected chi connectivity index (χ2v) is 3.52. The fourth-order valence-electron chi connectivity index (χ4n) is 1.40. The standard InChI is InChI=1S/C10H8F6N/c1-17(2)8-6(9(11,12)13)4-3-5-7(8)10(14,15)16/h4-5H,1-2H3. The summed E-state index contributed by atoms with van der Waals surface area (Å²) in [6.07, 6.45) is -9.70. The van der Waals surface area contributed by atoms with Crippen molar-refractivity contribution >= 4 is 5.69 Å². The molecule has 0 N–H and O–H groups in total. The van der Waals surface area contributed by atoms with Gasteiger partial charge in [0.05, 0.1) is 16.8 Å². The Kier molecular flexibility index (Phi) is 3.31. The van der Waals surface area contributed by atoms with Gasteiger partial charge in [-0.3, -0.25) is 0 Å². The molecule has 0 unspecified atom stereocenters. The van der Waals surface area contributed by atoms with Gasteiger partial charge < -0.3 is 4.90 Å². The van der Waals surface area contributed by atoms with E-state index in [1.54, 1.807) is 0 Å². The summed E-state index contributed by atoms with van der Waals surface area (Å²) in [5, 5.41) is 0. The molecule has 0 saturated carbocycles. The quantitative estimate of drug-likeness (QED) is 0.694. The van der Waals surface area contributed by atoms with Gasteiger partial charge in [0.1, 0.15) is 0 Å². The Hall–Kier alpha value is -1.40. The fourth-order valence-corrected chi connectivity index (χ4v) is 1.40. The third kappa shape index (κ3) is 2.83. The van der Waals surface area contributed by atoms with Crippen LogP contribution < -0.4 is 4.90 Å². The van der Waals surface area contributed by atoms with Gasteiger partial charge in [0.2, 0.25) is 0 Å². The molecule has 0 saturated heterocycles. The van der Waals surface area contributed by atoms with Crippen molar-refractivity contribution in [3.63, 3.8) is 0 Å². The zero-order valence-electron chi connectivity index (χ0n) is 8.87. The van der Waals surface area contributed by atoms with E-state index in [9.17, 15) is 26.3 Å². The van der Waals surface area contributed by atoms with Crippen LogP contribution in [-0.2, 0) is 12.4 Å². The molecular weight excluding hydrogens is 248 g/mol. The lowest BCUT2D eigenvalue weighted by atomic mass is 10.1. The van der Waals surface area contributed by atoms with Crippen molar-refractivity contribution in [3.05, 3.63) is 29.3 Å². The average Bonchev–Trinajstić information content (AvgIpc) is 2.13. The molecular formula is C10H8F6N. The highest BCUT2D eigenvalue weighted by atomic mass is 19.4. The van der Waals surface area contributed by atoms with E-state index in [0.29, 0.717) is 12.1 Å². The molecule has 0 heterocycles. The molecule has 0 aliphatic rings. The van der Waals surface area contributed by atoms with Gasteiger partial charge in [-0.15, -0.1) is 0 Å². The van der Waals surface area contributed by atoms with E-state index in [1.807, 2.05) is 6.07 Å². The first kappa shape index (κ1) is 13.7. The van der Waals surface area contributed by atoms with Crippen molar-refractivity contribution in [2.24, 2.45) is 0 Å². The SMILES string of the molecule is CN(C)c1c(C(F)(F)F)c[c]cc1C(F)(F)F. The molecule has 0 fully saturated rings. The van der Waals surface area contributed by atoms with Crippen LogP contribution >= 0.6 is 0 Å². The fraction of sp³-hybridized carbons (Fsp3) is 0.400. The van der Waals surface area contributed by atoms with Crippen molar-refractivity contribution in [1.82, 2.24) is 0 Å². The lowest BCUT2D eigenvalue weighted by Gasteiger charge is -2.23. The summed E-state index contributed by atoms with van der Waals surface area (Å²) in [5.41, 5.74) is -3.60. The van der Waals surface area contributed by atoms with Gasteiger partial charge in [0, 0.05) is 14.1 Å². The van der Waals surface area contributed by atoms with Crippen LogP contribution in [0.4, 0.5) is 32.0 Å². The average molecular weight is 256 g/mol. The second kappa shape index (κ2) is 4.12. The Morgan fingerprint density at radius 3 is 1.47 bits per heavy atom. The topological polar surface area (TPSA) is 3.24 Å². The Morgan fingerprint density at radius 1 is 0.882 bits per heavy atom. The number of benzene rings is 1. The van der Waals surface area contributed by atoms with E-state index in [2.05, 4.69) is 0 Å². The minimum absolute atomic E-state index is 0.505.